The summed E-state index contributed by atoms with van der Waals surface area (Å²) >= 11 is 0. The first-order valence-electron chi connectivity index (χ1n) is 5.85. The van der Waals surface area contributed by atoms with E-state index in [9.17, 15) is 0 Å². The molecule has 1 heterocycles. The summed E-state index contributed by atoms with van der Waals surface area (Å²) in [6.45, 7) is 9.12. The molecule has 1 atom stereocenters. The fourth-order valence-electron chi connectivity index (χ4n) is 1.82. The smallest absolute Gasteiger partial charge is 0.0593 e. The summed E-state index contributed by atoms with van der Waals surface area (Å²) in [5.41, 5.74) is 0. The Morgan fingerprint density at radius 3 is 2.93 bits per heavy atom. The monoisotopic (exact) mass is 216 g/mol. The molecule has 1 fully saturated rings. The van der Waals surface area contributed by atoms with E-state index >= 15 is 0 Å². The van der Waals surface area contributed by atoms with Crippen molar-refractivity contribution in [3.8, 4) is 0 Å². The van der Waals surface area contributed by atoms with Crippen LogP contribution in [-0.2, 0) is 9.47 Å². The van der Waals surface area contributed by atoms with Gasteiger partial charge in [-0.1, -0.05) is 0 Å². The number of rotatable bonds is 7. The molecule has 1 aliphatic rings. The molecular weight excluding hydrogens is 192 g/mol. The molecule has 0 radical (unpaired) electrons. The minimum Gasteiger partial charge on any atom is -0.385 e. The third kappa shape index (κ3) is 6.10. The van der Waals surface area contributed by atoms with Crippen molar-refractivity contribution < 1.29 is 9.47 Å². The van der Waals surface area contributed by atoms with Gasteiger partial charge in [0.05, 0.1) is 6.61 Å². The minimum atomic E-state index is 0.618. The zero-order valence-electron chi connectivity index (χ0n) is 10.00. The maximum absolute atomic E-state index is 5.53. The summed E-state index contributed by atoms with van der Waals surface area (Å²) in [6.07, 6.45) is 0.995. The lowest BCUT2D eigenvalue weighted by Crippen LogP contribution is -2.49. The van der Waals surface area contributed by atoms with Crippen LogP contribution in [0.5, 0.6) is 0 Å². The van der Waals surface area contributed by atoms with Gasteiger partial charge >= 0.3 is 0 Å². The Morgan fingerprint density at radius 2 is 2.20 bits per heavy atom. The lowest BCUT2D eigenvalue weighted by molar-refractivity contribution is 0.0769. The Balaban J connectivity index is 1.90. The van der Waals surface area contributed by atoms with E-state index in [4.69, 9.17) is 9.47 Å². The summed E-state index contributed by atoms with van der Waals surface area (Å²) in [5.74, 6) is 0. The molecule has 0 aromatic rings. The van der Waals surface area contributed by atoms with Crippen LogP contribution in [0.4, 0.5) is 0 Å². The average molecular weight is 216 g/mol. The second-order valence-corrected chi connectivity index (χ2v) is 4.11. The summed E-state index contributed by atoms with van der Waals surface area (Å²) < 4.78 is 10.5. The zero-order valence-corrected chi connectivity index (χ0v) is 10.00. The lowest BCUT2D eigenvalue weighted by Gasteiger charge is -2.31. The highest BCUT2D eigenvalue weighted by Crippen LogP contribution is 1.97. The van der Waals surface area contributed by atoms with Gasteiger partial charge in [0, 0.05) is 52.5 Å². The Kier molecular flexibility index (Phi) is 6.92. The lowest BCUT2D eigenvalue weighted by atomic mass is 10.2. The molecule has 0 aliphatic carbocycles. The maximum Gasteiger partial charge on any atom is 0.0593 e. The highest BCUT2D eigenvalue weighted by Gasteiger charge is 2.14. The van der Waals surface area contributed by atoms with E-state index in [2.05, 4.69) is 17.1 Å². The molecule has 15 heavy (non-hydrogen) atoms. The van der Waals surface area contributed by atoms with Gasteiger partial charge in [0.2, 0.25) is 0 Å². The third-order valence-corrected chi connectivity index (χ3v) is 2.64. The van der Waals surface area contributed by atoms with E-state index in [1.807, 2.05) is 0 Å². The van der Waals surface area contributed by atoms with E-state index in [-0.39, 0.29) is 0 Å². The largest absolute Gasteiger partial charge is 0.385 e. The molecule has 0 aromatic heterocycles. The molecule has 1 rings (SSSR count). The molecule has 0 unspecified atom stereocenters. The average Bonchev–Trinajstić information content (AvgIpc) is 2.23. The van der Waals surface area contributed by atoms with Crippen LogP contribution < -0.4 is 5.32 Å². The van der Waals surface area contributed by atoms with Crippen molar-refractivity contribution in [2.24, 2.45) is 0 Å². The second kappa shape index (κ2) is 8.05. The van der Waals surface area contributed by atoms with E-state index in [1.54, 1.807) is 7.11 Å². The van der Waals surface area contributed by atoms with Gasteiger partial charge in [-0.05, 0) is 13.3 Å². The molecule has 0 bridgehead atoms. The van der Waals surface area contributed by atoms with Gasteiger partial charge in [-0.25, -0.2) is 0 Å². The van der Waals surface area contributed by atoms with Crippen molar-refractivity contribution in [3.05, 3.63) is 0 Å². The van der Waals surface area contributed by atoms with E-state index in [0.29, 0.717) is 6.04 Å². The van der Waals surface area contributed by atoms with Gasteiger partial charge in [-0.3, -0.25) is 4.90 Å². The minimum absolute atomic E-state index is 0.618. The van der Waals surface area contributed by atoms with Crippen LogP contribution in [0.25, 0.3) is 0 Å². The van der Waals surface area contributed by atoms with Crippen LogP contribution in [0.1, 0.15) is 13.3 Å². The van der Waals surface area contributed by atoms with Gasteiger partial charge in [0.25, 0.3) is 0 Å². The molecule has 4 nitrogen and oxygen atoms in total. The number of ether oxygens (including phenoxy) is 2. The zero-order chi connectivity index (χ0) is 10.9. The van der Waals surface area contributed by atoms with Crippen LogP contribution >= 0.6 is 0 Å². The standard InChI is InChI=1S/C11H24N2O2/c1-11-10-13(5-4-12-11)6-9-15-8-3-7-14-2/h11-12H,3-10H2,1-2H3/t11-/m1/s1. The molecule has 0 amide bonds. The fourth-order valence-corrected chi connectivity index (χ4v) is 1.82. The van der Waals surface area contributed by atoms with Gasteiger partial charge < -0.3 is 14.8 Å². The molecular formula is C11H24N2O2. The summed E-state index contributed by atoms with van der Waals surface area (Å²) in [6, 6.07) is 0.618. The predicted octanol–water partition coefficient (Wildman–Crippen LogP) is 0.333. The topological polar surface area (TPSA) is 33.7 Å². The third-order valence-electron chi connectivity index (χ3n) is 2.64. The highest BCUT2D eigenvalue weighted by atomic mass is 16.5. The van der Waals surface area contributed by atoms with Crippen molar-refractivity contribution in [2.45, 2.75) is 19.4 Å². The Hall–Kier alpha value is -0.160. The van der Waals surface area contributed by atoms with Gasteiger partial charge in [-0.2, -0.15) is 0 Å². The quantitative estimate of drug-likeness (QED) is 0.622. The van der Waals surface area contributed by atoms with Crippen LogP contribution in [0.3, 0.4) is 0 Å². The molecule has 1 aliphatic heterocycles. The number of piperazine rings is 1. The predicted molar refractivity (Wildman–Crippen MR) is 61.2 cm³/mol. The number of hydrogen-bond acceptors (Lipinski definition) is 4. The van der Waals surface area contributed by atoms with Gasteiger partial charge in [-0.15, -0.1) is 0 Å². The van der Waals surface area contributed by atoms with E-state index < -0.39 is 0 Å². The number of nitrogens with one attached hydrogen (secondary N) is 1. The summed E-state index contributed by atoms with van der Waals surface area (Å²) in [7, 11) is 1.72. The van der Waals surface area contributed by atoms with E-state index in [0.717, 1.165) is 52.4 Å². The molecule has 1 N–H and O–H groups in total. The van der Waals surface area contributed by atoms with Crippen LogP contribution in [0.2, 0.25) is 0 Å². The van der Waals surface area contributed by atoms with Gasteiger partial charge in [0.15, 0.2) is 0 Å². The molecule has 90 valence electrons. The first-order valence-corrected chi connectivity index (χ1v) is 5.85. The van der Waals surface area contributed by atoms with Crippen LogP contribution in [-0.4, -0.2) is 64.1 Å². The van der Waals surface area contributed by atoms with Crippen LogP contribution in [0, 0.1) is 0 Å². The normalized spacial score (nSPS) is 23.2. The first kappa shape index (κ1) is 12.9. The number of nitrogens with zero attached hydrogens (tertiary/aromatic N) is 1. The number of hydrogen-bond donors (Lipinski definition) is 1. The van der Waals surface area contributed by atoms with Crippen LogP contribution in [0.15, 0.2) is 0 Å². The molecule has 0 saturated carbocycles. The summed E-state index contributed by atoms with van der Waals surface area (Å²) in [5, 5.41) is 3.43. The van der Waals surface area contributed by atoms with Crippen molar-refractivity contribution in [3.63, 3.8) is 0 Å². The fraction of sp³-hybridized carbons (Fsp3) is 1.00. The van der Waals surface area contributed by atoms with Crippen molar-refractivity contribution in [1.29, 1.82) is 0 Å². The van der Waals surface area contributed by atoms with E-state index in [1.165, 1.54) is 0 Å². The van der Waals surface area contributed by atoms with Crippen molar-refractivity contribution in [2.75, 3.05) is 53.1 Å². The Morgan fingerprint density at radius 1 is 1.33 bits per heavy atom. The number of methoxy groups -OCH3 is 1. The maximum atomic E-state index is 5.53. The molecule has 0 spiro atoms. The Bertz CT molecular complexity index is 156. The highest BCUT2D eigenvalue weighted by molar-refractivity contribution is 4.74. The molecule has 0 aromatic carbocycles. The first-order chi connectivity index (χ1) is 7.33. The SMILES string of the molecule is COCCCOCCN1CCN[C@H](C)C1. The summed E-state index contributed by atoms with van der Waals surface area (Å²) in [4.78, 5) is 2.46. The molecule has 4 heteroatoms. The van der Waals surface area contributed by atoms with Gasteiger partial charge in [0.1, 0.15) is 0 Å². The molecule has 1 saturated heterocycles. The Labute approximate surface area is 92.9 Å². The second-order valence-electron chi connectivity index (χ2n) is 4.11. The van der Waals surface area contributed by atoms with Crippen molar-refractivity contribution >= 4 is 0 Å². The van der Waals surface area contributed by atoms with Crippen molar-refractivity contribution in [1.82, 2.24) is 10.2 Å².